The molecule has 0 aromatic heterocycles. The van der Waals surface area contributed by atoms with E-state index in [2.05, 4.69) is 74.9 Å². The van der Waals surface area contributed by atoms with Gasteiger partial charge in [-0.05, 0) is 90.1 Å². The molecule has 0 atom stereocenters. The van der Waals surface area contributed by atoms with Gasteiger partial charge in [-0.15, -0.1) is 0 Å². The van der Waals surface area contributed by atoms with E-state index in [4.69, 9.17) is 0 Å². The topological polar surface area (TPSA) is 46.5 Å². The van der Waals surface area contributed by atoms with Gasteiger partial charge in [-0.3, -0.25) is 4.79 Å². The molecule has 3 aromatic rings. The molecule has 0 bridgehead atoms. The van der Waals surface area contributed by atoms with Crippen molar-refractivity contribution in [2.75, 3.05) is 7.11 Å². The molecular weight excluding hydrogens is 523 g/mol. The van der Waals surface area contributed by atoms with Gasteiger partial charge < -0.3 is 9.84 Å². The van der Waals surface area contributed by atoms with E-state index < -0.39 is 17.4 Å². The molecule has 0 heterocycles. The summed E-state index contributed by atoms with van der Waals surface area (Å²) in [7, 11) is 1.31. The third-order valence-electron chi connectivity index (χ3n) is 9.03. The van der Waals surface area contributed by atoms with Crippen molar-refractivity contribution in [2.24, 2.45) is 0 Å². The van der Waals surface area contributed by atoms with Gasteiger partial charge in [-0.2, -0.15) is 0 Å². The molecule has 4 heteroatoms. The van der Waals surface area contributed by atoms with Crippen LogP contribution in [0.5, 0.6) is 0 Å². The first-order chi connectivity index (χ1) is 20.1. The normalized spacial score (nSPS) is 14.8. The number of hydrogen-bond donors (Lipinski definition) is 1. The van der Waals surface area contributed by atoms with Crippen molar-refractivity contribution in [3.05, 3.63) is 99.9 Å². The lowest BCUT2D eigenvalue weighted by Crippen LogP contribution is -2.28. The highest BCUT2D eigenvalue weighted by Gasteiger charge is 2.31. The average Bonchev–Trinajstić information content (AvgIpc) is 3.00. The van der Waals surface area contributed by atoms with Gasteiger partial charge in [-0.25, -0.2) is 4.39 Å². The maximum Gasteiger partial charge on any atom is 0.310 e. The Bertz CT molecular complexity index is 1380. The molecule has 0 radical (unpaired) electrons. The summed E-state index contributed by atoms with van der Waals surface area (Å²) in [4.78, 5) is 11.6. The number of esters is 1. The average molecular weight is 573 g/mol. The van der Waals surface area contributed by atoms with Gasteiger partial charge in [0.05, 0.1) is 19.1 Å². The van der Waals surface area contributed by atoms with Crippen LogP contribution in [-0.2, 0) is 21.4 Å². The molecule has 1 fully saturated rings. The predicted octanol–water partition coefficient (Wildman–Crippen LogP) is 9.67. The Morgan fingerprint density at radius 2 is 1.55 bits per heavy atom. The number of ether oxygens (including phenoxy) is 1. The van der Waals surface area contributed by atoms with Crippen LogP contribution in [0.3, 0.4) is 0 Å². The molecular formula is C38H49FO3. The molecule has 3 aromatic carbocycles. The largest absolute Gasteiger partial charge is 0.469 e. The molecule has 3 nitrogen and oxygen atoms in total. The lowest BCUT2D eigenvalue weighted by Gasteiger charge is -2.34. The summed E-state index contributed by atoms with van der Waals surface area (Å²) in [5.41, 5.74) is 7.25. The standard InChI is InChI=1S/C36H43FO3.C2H6/c1-6-36(7-2,30-14-13-27(25(3)21-30)17-20-35(39)18-9-8-10-19-35)31-15-16-32(26(4)22-31)28-11-12-29(33(37)23-28)24-34(38)40-5;1-2/h11-17,20-23,39H,6-10,18-19,24H2,1-5H3;1-2H3/b20-17+;. The highest BCUT2D eigenvalue weighted by molar-refractivity contribution is 5.74. The minimum absolute atomic E-state index is 0.0784. The van der Waals surface area contributed by atoms with Crippen molar-refractivity contribution >= 4 is 12.0 Å². The van der Waals surface area contributed by atoms with Crippen LogP contribution in [0.15, 0.2) is 60.7 Å². The summed E-state index contributed by atoms with van der Waals surface area (Å²) < 4.78 is 19.5. The van der Waals surface area contributed by atoms with Crippen molar-refractivity contribution in [3.63, 3.8) is 0 Å². The van der Waals surface area contributed by atoms with E-state index in [0.29, 0.717) is 5.56 Å². The maximum atomic E-state index is 14.8. The summed E-state index contributed by atoms with van der Waals surface area (Å²) in [6.07, 6.45) is 11.0. The summed E-state index contributed by atoms with van der Waals surface area (Å²) in [6, 6.07) is 18.3. The highest BCUT2D eigenvalue weighted by atomic mass is 19.1. The Morgan fingerprint density at radius 3 is 2.10 bits per heavy atom. The van der Waals surface area contributed by atoms with Gasteiger partial charge in [0.25, 0.3) is 0 Å². The Morgan fingerprint density at radius 1 is 0.929 bits per heavy atom. The van der Waals surface area contributed by atoms with Crippen LogP contribution >= 0.6 is 0 Å². The fourth-order valence-electron chi connectivity index (χ4n) is 6.34. The number of aryl methyl sites for hydroxylation is 2. The molecule has 0 spiro atoms. The first-order valence-corrected chi connectivity index (χ1v) is 15.6. The number of methoxy groups -OCH3 is 1. The summed E-state index contributed by atoms with van der Waals surface area (Å²) in [6.45, 7) is 12.7. The van der Waals surface area contributed by atoms with Gasteiger partial charge >= 0.3 is 5.97 Å². The van der Waals surface area contributed by atoms with Crippen molar-refractivity contribution in [1.82, 2.24) is 0 Å². The molecule has 42 heavy (non-hydrogen) atoms. The minimum atomic E-state index is -0.677. The fraction of sp³-hybridized carbons (Fsp3) is 0.447. The van der Waals surface area contributed by atoms with E-state index in [1.807, 2.05) is 26.0 Å². The van der Waals surface area contributed by atoms with Gasteiger partial charge in [0.15, 0.2) is 0 Å². The number of aliphatic hydroxyl groups is 1. The molecule has 1 aliphatic rings. The first-order valence-electron chi connectivity index (χ1n) is 15.6. The van der Waals surface area contributed by atoms with Crippen LogP contribution < -0.4 is 0 Å². The van der Waals surface area contributed by atoms with Crippen LogP contribution in [0.1, 0.15) is 106 Å². The van der Waals surface area contributed by atoms with Gasteiger partial charge in [0.1, 0.15) is 5.82 Å². The lowest BCUT2D eigenvalue weighted by atomic mass is 9.69. The Balaban J connectivity index is 0.00000237. The zero-order valence-corrected chi connectivity index (χ0v) is 26.6. The Kier molecular flexibility index (Phi) is 11.7. The van der Waals surface area contributed by atoms with Gasteiger partial charge in [0.2, 0.25) is 0 Å². The zero-order chi connectivity index (χ0) is 30.9. The van der Waals surface area contributed by atoms with Crippen LogP contribution in [0.2, 0.25) is 0 Å². The highest BCUT2D eigenvalue weighted by Crippen LogP contribution is 2.41. The second-order valence-corrected chi connectivity index (χ2v) is 11.4. The third-order valence-corrected chi connectivity index (χ3v) is 9.03. The predicted molar refractivity (Wildman–Crippen MR) is 173 cm³/mol. The van der Waals surface area contributed by atoms with Crippen LogP contribution in [0, 0.1) is 19.7 Å². The second-order valence-electron chi connectivity index (χ2n) is 11.4. The van der Waals surface area contributed by atoms with Crippen LogP contribution in [-0.4, -0.2) is 23.8 Å². The summed E-state index contributed by atoms with van der Waals surface area (Å²) in [5, 5.41) is 10.9. The van der Waals surface area contributed by atoms with Crippen molar-refractivity contribution in [1.29, 1.82) is 0 Å². The third kappa shape index (κ3) is 7.39. The van der Waals surface area contributed by atoms with Gasteiger partial charge in [-0.1, -0.05) is 108 Å². The number of hydrogen-bond acceptors (Lipinski definition) is 3. The molecule has 1 saturated carbocycles. The number of halogens is 1. The van der Waals surface area contributed by atoms with Crippen molar-refractivity contribution in [3.8, 4) is 11.1 Å². The van der Waals surface area contributed by atoms with E-state index in [-0.39, 0.29) is 11.8 Å². The quantitative estimate of drug-likeness (QED) is 0.260. The SMILES string of the molecule is CC.CCC(CC)(c1ccc(/C=C/C2(O)CCCCC2)c(C)c1)c1ccc(-c2ccc(CC(=O)OC)c(F)c2)c(C)c1. The number of rotatable bonds is 9. The fourth-order valence-corrected chi connectivity index (χ4v) is 6.34. The smallest absolute Gasteiger partial charge is 0.310 e. The van der Waals surface area contributed by atoms with E-state index in [9.17, 15) is 14.3 Å². The first kappa shape index (κ1) is 33.3. The van der Waals surface area contributed by atoms with E-state index in [1.54, 1.807) is 6.07 Å². The molecule has 1 aliphatic carbocycles. The molecule has 226 valence electrons. The Labute approximate surface area is 252 Å². The molecule has 0 saturated heterocycles. The number of carbonyl (C=O) groups excluding carboxylic acids is 1. The van der Waals surface area contributed by atoms with E-state index >= 15 is 0 Å². The number of benzene rings is 3. The molecule has 4 rings (SSSR count). The van der Waals surface area contributed by atoms with Crippen LogP contribution in [0.4, 0.5) is 4.39 Å². The van der Waals surface area contributed by atoms with Crippen LogP contribution in [0.25, 0.3) is 17.2 Å². The number of carbonyl (C=O) groups is 1. The minimum Gasteiger partial charge on any atom is -0.469 e. The monoisotopic (exact) mass is 572 g/mol. The van der Waals surface area contributed by atoms with E-state index in [1.165, 1.54) is 36.3 Å². The second kappa shape index (κ2) is 14.8. The van der Waals surface area contributed by atoms with Crippen molar-refractivity contribution in [2.45, 2.75) is 104 Å². The zero-order valence-electron chi connectivity index (χ0n) is 26.6. The summed E-state index contributed by atoms with van der Waals surface area (Å²) in [5.74, 6) is -0.855. The summed E-state index contributed by atoms with van der Waals surface area (Å²) >= 11 is 0. The van der Waals surface area contributed by atoms with Crippen molar-refractivity contribution < 1.29 is 19.0 Å². The maximum absolute atomic E-state index is 14.8. The molecule has 0 unspecified atom stereocenters. The van der Waals surface area contributed by atoms with Gasteiger partial charge in [0, 0.05) is 5.41 Å². The molecule has 1 N–H and O–H groups in total. The molecule has 0 aliphatic heterocycles. The Hall–Kier alpha value is -3.24. The molecule has 0 amide bonds. The van der Waals surface area contributed by atoms with E-state index in [0.717, 1.165) is 60.8 Å². The lowest BCUT2D eigenvalue weighted by molar-refractivity contribution is -0.139.